The molecule has 0 aliphatic carbocycles. The first-order valence-electron chi connectivity index (χ1n) is 8.01. The van der Waals surface area contributed by atoms with Gasteiger partial charge in [0.05, 0.1) is 17.7 Å². The van der Waals surface area contributed by atoms with E-state index in [-0.39, 0.29) is 23.7 Å². The topological polar surface area (TPSA) is 145 Å². The number of primary amides is 2. The van der Waals surface area contributed by atoms with Gasteiger partial charge < -0.3 is 21.5 Å². The van der Waals surface area contributed by atoms with Crippen LogP contribution in [0.4, 0.5) is 0 Å². The molecule has 2 rings (SSSR count). The van der Waals surface area contributed by atoms with E-state index in [1.807, 2.05) is 10.8 Å². The Morgan fingerprint density at radius 3 is 2.32 bits per heavy atom. The number of nitrogens with zero attached hydrogens (tertiary/aromatic N) is 3. The summed E-state index contributed by atoms with van der Waals surface area (Å²) in [5.74, 6) is 0.372. The zero-order valence-corrected chi connectivity index (χ0v) is 14.4. The molecular weight excluding hydrogens is 326 g/mol. The van der Waals surface area contributed by atoms with Crippen molar-refractivity contribution in [3.8, 4) is 0 Å². The molecule has 0 spiro atoms. The van der Waals surface area contributed by atoms with Gasteiger partial charge in [-0.05, 0) is 32.6 Å². The van der Waals surface area contributed by atoms with Gasteiger partial charge in [-0.3, -0.25) is 14.3 Å². The normalized spacial score (nSPS) is 15.7. The van der Waals surface area contributed by atoms with E-state index in [0.29, 0.717) is 18.8 Å². The monoisotopic (exact) mass is 349 g/mol. The first kappa shape index (κ1) is 18.7. The van der Waals surface area contributed by atoms with E-state index in [4.69, 9.17) is 11.5 Å². The third-order valence-corrected chi connectivity index (χ3v) is 4.57. The zero-order valence-electron chi connectivity index (χ0n) is 14.4. The van der Waals surface area contributed by atoms with Crippen LogP contribution in [0.3, 0.4) is 0 Å². The molecule has 5 N–H and O–H groups in total. The molecule has 1 aliphatic rings. The third kappa shape index (κ3) is 4.26. The molecule has 1 aromatic rings. The summed E-state index contributed by atoms with van der Waals surface area (Å²) in [5.41, 5.74) is 9.68. The molecule has 0 unspecified atom stereocenters. The lowest BCUT2D eigenvalue weighted by Gasteiger charge is -2.38. The number of hydrogen-bond donors (Lipinski definition) is 3. The van der Waals surface area contributed by atoms with E-state index in [9.17, 15) is 19.5 Å². The Morgan fingerprint density at radius 1 is 1.32 bits per heavy atom. The molecule has 1 saturated heterocycles. The number of rotatable bonds is 6. The maximum Gasteiger partial charge on any atom is 0.270 e. The Morgan fingerprint density at radius 2 is 1.92 bits per heavy atom. The molecule has 25 heavy (non-hydrogen) atoms. The number of amides is 2. The first-order valence-corrected chi connectivity index (χ1v) is 8.01. The number of aliphatic hydroxyl groups is 1. The van der Waals surface area contributed by atoms with E-state index in [1.165, 1.54) is 10.9 Å². The van der Waals surface area contributed by atoms with Crippen molar-refractivity contribution in [1.82, 2.24) is 14.7 Å². The number of piperidine rings is 1. The molecule has 9 heteroatoms. The minimum absolute atomic E-state index is 0.0459. The first-order chi connectivity index (χ1) is 11.6. The fourth-order valence-electron chi connectivity index (χ4n) is 3.07. The van der Waals surface area contributed by atoms with E-state index in [1.54, 1.807) is 13.8 Å². The number of hydrogen-bond acceptors (Lipinski definition) is 6. The molecule has 1 aliphatic heterocycles. The lowest BCUT2D eigenvalue weighted by molar-refractivity contribution is -0.00872. The highest BCUT2D eigenvalue weighted by Crippen LogP contribution is 2.29. The number of allylic oxidation sites excluding steroid dienone is 1. The van der Waals surface area contributed by atoms with Crippen molar-refractivity contribution in [3.05, 3.63) is 23.2 Å². The second-order valence-corrected chi connectivity index (χ2v) is 6.78. The summed E-state index contributed by atoms with van der Waals surface area (Å²) in [7, 11) is 0. The predicted molar refractivity (Wildman–Crippen MR) is 89.1 cm³/mol. The molecule has 0 aromatic carbocycles. The number of nitrogens with two attached hydrogens (primary N) is 2. The van der Waals surface area contributed by atoms with Crippen molar-refractivity contribution < 1.29 is 19.5 Å². The standard InChI is InChI=1S/C16H23N5O4/c1-16(2,25)10-3-5-20(6-4-10)11(9-22)7-21-8-12(14(17)23)13(19-21)15(18)24/h8,10,25H,3-7H2,1-2H3,(H2,17,23)(H2,18,24). The number of carbonyl (C=O) groups is 2. The van der Waals surface area contributed by atoms with Crippen molar-refractivity contribution in [2.24, 2.45) is 17.4 Å². The lowest BCUT2D eigenvalue weighted by atomic mass is 9.83. The van der Waals surface area contributed by atoms with Gasteiger partial charge in [-0.25, -0.2) is 4.79 Å². The van der Waals surface area contributed by atoms with Crippen LogP contribution >= 0.6 is 0 Å². The largest absolute Gasteiger partial charge is 0.390 e. The fourth-order valence-corrected chi connectivity index (χ4v) is 3.07. The van der Waals surface area contributed by atoms with Gasteiger partial charge in [-0.1, -0.05) is 0 Å². The molecule has 0 bridgehead atoms. The van der Waals surface area contributed by atoms with Crippen LogP contribution in [0.15, 0.2) is 11.9 Å². The van der Waals surface area contributed by atoms with Crippen molar-refractivity contribution in [2.45, 2.75) is 38.8 Å². The second-order valence-electron chi connectivity index (χ2n) is 6.78. The van der Waals surface area contributed by atoms with Gasteiger partial charge in [0.1, 0.15) is 11.6 Å². The average Bonchev–Trinajstić information content (AvgIpc) is 2.96. The zero-order chi connectivity index (χ0) is 18.8. The van der Waals surface area contributed by atoms with Crippen LogP contribution in [0.2, 0.25) is 0 Å². The Labute approximate surface area is 145 Å². The van der Waals surface area contributed by atoms with Gasteiger partial charge in [-0.2, -0.15) is 5.10 Å². The van der Waals surface area contributed by atoms with Gasteiger partial charge in [0.15, 0.2) is 5.69 Å². The van der Waals surface area contributed by atoms with Crippen molar-refractivity contribution >= 4 is 17.8 Å². The Kier molecular flexibility index (Phi) is 5.30. The summed E-state index contributed by atoms with van der Waals surface area (Å²) < 4.78 is 1.28. The molecule has 0 radical (unpaired) electrons. The van der Waals surface area contributed by atoms with Gasteiger partial charge in [0.25, 0.3) is 11.8 Å². The molecule has 2 amide bonds. The molecular formula is C16H23N5O4. The summed E-state index contributed by atoms with van der Waals surface area (Å²) in [6.45, 7) is 4.82. The highest BCUT2D eigenvalue weighted by Gasteiger charge is 2.31. The SMILES string of the molecule is CC(C)(O)C1CCN(C(=C=O)Cn2cc(C(N)=O)c(C(N)=O)n2)CC1. The Balaban J connectivity index is 2.12. The van der Waals surface area contributed by atoms with Crippen LogP contribution in [0.1, 0.15) is 47.5 Å². The summed E-state index contributed by atoms with van der Waals surface area (Å²) in [6, 6.07) is 0. The summed E-state index contributed by atoms with van der Waals surface area (Å²) in [4.78, 5) is 36.0. The van der Waals surface area contributed by atoms with Crippen LogP contribution in [0.25, 0.3) is 0 Å². The second kappa shape index (κ2) is 7.08. The van der Waals surface area contributed by atoms with E-state index in [0.717, 1.165) is 12.8 Å². The molecule has 0 atom stereocenters. The minimum Gasteiger partial charge on any atom is -0.390 e. The summed E-state index contributed by atoms with van der Waals surface area (Å²) >= 11 is 0. The fraction of sp³-hybridized carbons (Fsp3) is 0.562. The number of carbonyl (C=O) groups excluding carboxylic acids is 3. The van der Waals surface area contributed by atoms with E-state index in [2.05, 4.69) is 5.10 Å². The van der Waals surface area contributed by atoms with Gasteiger partial charge in [0.2, 0.25) is 0 Å². The number of aromatic nitrogens is 2. The van der Waals surface area contributed by atoms with E-state index < -0.39 is 17.4 Å². The molecule has 1 fully saturated rings. The molecule has 0 saturated carbocycles. The molecule has 2 heterocycles. The minimum atomic E-state index is -0.866. The van der Waals surface area contributed by atoms with Crippen LogP contribution in [-0.4, -0.2) is 56.2 Å². The smallest absolute Gasteiger partial charge is 0.270 e. The lowest BCUT2D eigenvalue weighted by Crippen LogP contribution is -2.42. The molecule has 9 nitrogen and oxygen atoms in total. The maximum atomic E-state index is 11.4. The van der Waals surface area contributed by atoms with Crippen molar-refractivity contribution in [2.75, 3.05) is 13.1 Å². The maximum absolute atomic E-state index is 11.4. The highest BCUT2D eigenvalue weighted by molar-refractivity contribution is 6.04. The van der Waals surface area contributed by atoms with Crippen LogP contribution in [0.5, 0.6) is 0 Å². The average molecular weight is 349 g/mol. The molecule has 1 aromatic heterocycles. The van der Waals surface area contributed by atoms with Gasteiger partial charge in [0, 0.05) is 19.3 Å². The van der Waals surface area contributed by atoms with Gasteiger partial charge >= 0.3 is 0 Å². The highest BCUT2D eigenvalue weighted by atomic mass is 16.3. The Bertz CT molecular complexity index is 688. The van der Waals surface area contributed by atoms with Crippen LogP contribution < -0.4 is 11.5 Å². The van der Waals surface area contributed by atoms with Crippen molar-refractivity contribution in [1.29, 1.82) is 0 Å². The Hall–Kier alpha value is -2.64. The van der Waals surface area contributed by atoms with Crippen LogP contribution in [0, 0.1) is 5.92 Å². The summed E-state index contributed by atoms with van der Waals surface area (Å²) in [6.07, 6.45) is 2.78. The quantitative estimate of drug-likeness (QED) is 0.578. The third-order valence-electron chi connectivity index (χ3n) is 4.57. The van der Waals surface area contributed by atoms with E-state index >= 15 is 0 Å². The van der Waals surface area contributed by atoms with Crippen LogP contribution in [-0.2, 0) is 11.3 Å². The van der Waals surface area contributed by atoms with Crippen molar-refractivity contribution in [3.63, 3.8) is 0 Å². The summed E-state index contributed by atoms with van der Waals surface area (Å²) in [5, 5.41) is 14.0. The number of likely N-dealkylation sites (tertiary alicyclic amines) is 1. The van der Waals surface area contributed by atoms with Gasteiger partial charge in [-0.15, -0.1) is 0 Å². The predicted octanol–water partition coefficient (Wildman–Crippen LogP) is -0.721. The molecule has 136 valence electrons.